The van der Waals surface area contributed by atoms with E-state index in [1.54, 1.807) is 0 Å². The quantitative estimate of drug-likeness (QED) is 0.364. The first-order chi connectivity index (χ1) is 20.2. The minimum Gasteiger partial charge on any atom is -0.387 e. The summed E-state index contributed by atoms with van der Waals surface area (Å²) in [5, 5.41) is 0. The highest BCUT2D eigenvalue weighted by atomic mass is 16.2. The highest BCUT2D eigenvalue weighted by Crippen LogP contribution is 2.35. The Hall–Kier alpha value is -4.20. The van der Waals surface area contributed by atoms with Gasteiger partial charge in [0.1, 0.15) is 5.84 Å². The molecular formula is C34H43N5O3. The SMILES string of the molecule is CCCN(CCC)C(=O)C1=Cc2c(C)cc(-c3ccc(C=O)c(/C=C\N(C)CC(=O)N4CCCC4)c3)cc2N=C(N)C1. The number of nitrogens with zero attached hydrogens (tertiary/aromatic N) is 4. The number of rotatable bonds is 11. The van der Waals surface area contributed by atoms with Crippen LogP contribution in [0.3, 0.4) is 0 Å². The van der Waals surface area contributed by atoms with Crippen molar-refractivity contribution >= 4 is 41.8 Å². The molecule has 2 aliphatic heterocycles. The van der Waals surface area contributed by atoms with Gasteiger partial charge in [-0.1, -0.05) is 32.0 Å². The lowest BCUT2D eigenvalue weighted by Gasteiger charge is -2.22. The number of hydrogen-bond acceptors (Lipinski definition) is 6. The lowest BCUT2D eigenvalue weighted by molar-refractivity contribution is -0.130. The molecule has 0 atom stereocenters. The maximum Gasteiger partial charge on any atom is 0.250 e. The van der Waals surface area contributed by atoms with E-state index in [0.29, 0.717) is 43.0 Å². The van der Waals surface area contributed by atoms with Gasteiger partial charge in [0.25, 0.3) is 0 Å². The number of aliphatic imine (C=N–C) groups is 1. The molecule has 0 saturated carbocycles. The average Bonchev–Trinajstić information content (AvgIpc) is 3.46. The van der Waals surface area contributed by atoms with Crippen LogP contribution in [0, 0.1) is 6.92 Å². The van der Waals surface area contributed by atoms with Gasteiger partial charge in [-0.3, -0.25) is 14.4 Å². The summed E-state index contributed by atoms with van der Waals surface area (Å²) < 4.78 is 0. The van der Waals surface area contributed by atoms with E-state index in [0.717, 1.165) is 78.6 Å². The Kier molecular flexibility index (Phi) is 10.3. The van der Waals surface area contributed by atoms with Gasteiger partial charge >= 0.3 is 0 Å². The molecule has 0 aromatic heterocycles. The van der Waals surface area contributed by atoms with Gasteiger partial charge in [-0.15, -0.1) is 0 Å². The fraction of sp³-hybridized carbons (Fsp3) is 0.412. The molecule has 0 radical (unpaired) electrons. The van der Waals surface area contributed by atoms with Crippen molar-refractivity contribution < 1.29 is 14.4 Å². The first kappa shape index (κ1) is 30.8. The fourth-order valence-corrected chi connectivity index (χ4v) is 5.58. The number of aldehydes is 1. The summed E-state index contributed by atoms with van der Waals surface area (Å²) in [6.07, 6.45) is 10.7. The molecule has 4 rings (SSSR count). The molecule has 2 amide bonds. The summed E-state index contributed by atoms with van der Waals surface area (Å²) in [5.74, 6) is 0.539. The molecule has 8 nitrogen and oxygen atoms in total. The molecular weight excluding hydrogens is 526 g/mol. The maximum atomic E-state index is 13.4. The minimum absolute atomic E-state index is 0.0150. The fourth-order valence-electron chi connectivity index (χ4n) is 5.58. The van der Waals surface area contributed by atoms with Crippen molar-refractivity contribution in [2.45, 2.75) is 52.9 Å². The Balaban J connectivity index is 1.62. The van der Waals surface area contributed by atoms with Gasteiger partial charge < -0.3 is 20.4 Å². The van der Waals surface area contributed by atoms with Crippen LogP contribution in [0.4, 0.5) is 5.69 Å². The van der Waals surface area contributed by atoms with E-state index in [-0.39, 0.29) is 11.8 Å². The van der Waals surface area contributed by atoms with Crippen molar-refractivity contribution in [2.24, 2.45) is 10.7 Å². The maximum absolute atomic E-state index is 13.4. The second-order valence-electron chi connectivity index (χ2n) is 11.2. The average molecular weight is 570 g/mol. The van der Waals surface area contributed by atoms with E-state index in [4.69, 9.17) is 10.7 Å². The summed E-state index contributed by atoms with van der Waals surface area (Å²) >= 11 is 0. The molecule has 0 unspecified atom stereocenters. The van der Waals surface area contributed by atoms with Gasteiger partial charge in [0.2, 0.25) is 11.8 Å². The summed E-state index contributed by atoms with van der Waals surface area (Å²) in [4.78, 5) is 48.1. The lowest BCUT2D eigenvalue weighted by atomic mass is 9.94. The van der Waals surface area contributed by atoms with Crippen LogP contribution in [0.25, 0.3) is 23.3 Å². The largest absolute Gasteiger partial charge is 0.387 e. The van der Waals surface area contributed by atoms with E-state index in [2.05, 4.69) is 19.9 Å². The van der Waals surface area contributed by atoms with E-state index in [1.165, 1.54) is 0 Å². The van der Waals surface area contributed by atoms with E-state index in [9.17, 15) is 14.4 Å². The molecule has 1 saturated heterocycles. The molecule has 0 aliphatic carbocycles. The van der Waals surface area contributed by atoms with E-state index < -0.39 is 0 Å². The van der Waals surface area contributed by atoms with Crippen LogP contribution >= 0.6 is 0 Å². The Morgan fingerprint density at radius 1 is 1.02 bits per heavy atom. The van der Waals surface area contributed by atoms with Crippen LogP contribution < -0.4 is 5.73 Å². The third-order valence-electron chi connectivity index (χ3n) is 7.77. The molecule has 2 aromatic rings. The smallest absolute Gasteiger partial charge is 0.250 e. The van der Waals surface area contributed by atoms with Crippen molar-refractivity contribution in [3.63, 3.8) is 0 Å². The lowest BCUT2D eigenvalue weighted by Crippen LogP contribution is -2.35. The molecule has 2 aromatic carbocycles. The van der Waals surface area contributed by atoms with Crippen molar-refractivity contribution in [1.29, 1.82) is 0 Å². The van der Waals surface area contributed by atoms with Crippen LogP contribution in [-0.4, -0.2) is 78.4 Å². The Morgan fingerprint density at radius 3 is 2.40 bits per heavy atom. The first-order valence-electron chi connectivity index (χ1n) is 15.0. The third kappa shape index (κ3) is 7.35. The van der Waals surface area contributed by atoms with Crippen molar-refractivity contribution in [1.82, 2.24) is 14.7 Å². The zero-order valence-electron chi connectivity index (χ0n) is 25.4. The summed E-state index contributed by atoms with van der Waals surface area (Å²) in [6.45, 7) is 9.54. The van der Waals surface area contributed by atoms with Crippen LogP contribution in [0.1, 0.15) is 73.0 Å². The van der Waals surface area contributed by atoms with Gasteiger partial charge in [0.15, 0.2) is 6.29 Å². The van der Waals surface area contributed by atoms with Crippen molar-refractivity contribution in [2.75, 3.05) is 39.8 Å². The molecule has 2 N–H and O–H groups in total. The summed E-state index contributed by atoms with van der Waals surface area (Å²) in [5.41, 5.74) is 12.8. The number of carbonyl (C=O) groups is 3. The highest BCUT2D eigenvalue weighted by Gasteiger charge is 2.22. The number of amidine groups is 1. The second-order valence-corrected chi connectivity index (χ2v) is 11.2. The van der Waals surface area contributed by atoms with Gasteiger partial charge in [0, 0.05) is 56.3 Å². The second kappa shape index (κ2) is 14.1. The van der Waals surface area contributed by atoms with Crippen LogP contribution in [0.2, 0.25) is 0 Å². The topological polar surface area (TPSA) is 99.3 Å². The number of nitrogens with two attached hydrogens (primary N) is 1. The van der Waals surface area contributed by atoms with E-state index >= 15 is 0 Å². The van der Waals surface area contributed by atoms with Crippen LogP contribution in [0.5, 0.6) is 0 Å². The number of likely N-dealkylation sites (N-methyl/N-ethyl adjacent to an activating group) is 1. The van der Waals surface area contributed by atoms with Crippen LogP contribution in [0.15, 0.2) is 47.1 Å². The van der Waals surface area contributed by atoms with Gasteiger partial charge in [0.05, 0.1) is 12.2 Å². The number of benzene rings is 2. The van der Waals surface area contributed by atoms with E-state index in [1.807, 2.05) is 71.3 Å². The molecule has 1 fully saturated rings. The molecule has 222 valence electrons. The Labute approximate surface area is 249 Å². The van der Waals surface area contributed by atoms with Crippen molar-refractivity contribution in [3.8, 4) is 11.1 Å². The molecule has 8 heteroatoms. The van der Waals surface area contributed by atoms with Crippen molar-refractivity contribution in [3.05, 3.63) is 64.4 Å². The summed E-state index contributed by atoms with van der Waals surface area (Å²) in [7, 11) is 1.86. The van der Waals surface area contributed by atoms with Gasteiger partial charge in [-0.2, -0.15) is 0 Å². The van der Waals surface area contributed by atoms with Gasteiger partial charge in [-0.05, 0) is 85.3 Å². The zero-order chi connectivity index (χ0) is 30.2. The molecule has 0 bridgehead atoms. The molecule has 0 spiro atoms. The number of carbonyl (C=O) groups excluding carboxylic acids is 3. The number of amides is 2. The number of aryl methyl sites for hydroxylation is 1. The molecule has 42 heavy (non-hydrogen) atoms. The highest BCUT2D eigenvalue weighted by molar-refractivity contribution is 6.06. The minimum atomic E-state index is 0.0150. The summed E-state index contributed by atoms with van der Waals surface area (Å²) in [6, 6.07) is 9.76. The van der Waals surface area contributed by atoms with Gasteiger partial charge in [-0.25, -0.2) is 4.99 Å². The molecule has 2 heterocycles. The monoisotopic (exact) mass is 569 g/mol. The molecule has 2 aliphatic rings. The standard InChI is InChI=1S/C34H43N5O3/c1-5-12-39(13-6-2)34(42)29-19-30-24(3)17-28(20-31(30)36-32(35)21-29)25-9-10-27(23-40)26(18-25)11-16-37(4)22-33(41)38-14-7-8-15-38/h9-11,16-20,23H,5-8,12-15,21-22H2,1-4H3,(H2,35,36)/b16-11-. The first-order valence-corrected chi connectivity index (χ1v) is 15.0. The Bertz CT molecular complexity index is 1410. The Morgan fingerprint density at radius 2 is 1.74 bits per heavy atom. The number of fused-ring (bicyclic) bond motifs is 1. The third-order valence-corrected chi connectivity index (χ3v) is 7.77. The predicted octanol–water partition coefficient (Wildman–Crippen LogP) is 5.42. The normalized spacial score (nSPS) is 14.7. The number of likely N-dealkylation sites (tertiary alicyclic amines) is 1. The van der Waals surface area contributed by atoms with Crippen LogP contribution in [-0.2, 0) is 9.59 Å². The predicted molar refractivity (Wildman–Crippen MR) is 171 cm³/mol. The number of hydrogen-bond donors (Lipinski definition) is 1. The zero-order valence-corrected chi connectivity index (χ0v) is 25.4.